The lowest BCUT2D eigenvalue weighted by Gasteiger charge is -2.31. The molecule has 2 amide bonds. The van der Waals surface area contributed by atoms with Crippen LogP contribution in [-0.2, 0) is 0 Å². The largest absolute Gasteiger partial charge is 0.322 e. The lowest BCUT2D eigenvalue weighted by molar-refractivity contribution is 0.153. The van der Waals surface area contributed by atoms with Gasteiger partial charge in [0, 0.05) is 19.1 Å². The van der Waals surface area contributed by atoms with E-state index in [0.29, 0.717) is 23.9 Å². The smallest absolute Gasteiger partial charge is 0.320 e. The molecule has 2 fully saturated rings. The molecular formula is C16H31N3O. The van der Waals surface area contributed by atoms with Crippen molar-refractivity contribution in [3.05, 3.63) is 0 Å². The highest BCUT2D eigenvalue weighted by atomic mass is 16.2. The highest BCUT2D eigenvalue weighted by molar-refractivity contribution is 5.77. The first-order valence-electron chi connectivity index (χ1n) is 8.16. The normalized spacial score (nSPS) is 26.4. The second kappa shape index (κ2) is 6.33. The molecule has 0 radical (unpaired) electrons. The summed E-state index contributed by atoms with van der Waals surface area (Å²) in [6.07, 6.45) is 2.46. The van der Waals surface area contributed by atoms with Crippen molar-refractivity contribution in [2.24, 2.45) is 11.8 Å². The van der Waals surface area contributed by atoms with Crippen molar-refractivity contribution in [3.63, 3.8) is 0 Å². The lowest BCUT2D eigenvalue weighted by atomic mass is 9.96. The van der Waals surface area contributed by atoms with Gasteiger partial charge in [-0.25, -0.2) is 4.79 Å². The van der Waals surface area contributed by atoms with Crippen molar-refractivity contribution in [1.82, 2.24) is 14.7 Å². The molecule has 2 rings (SSSR count). The number of amides is 2. The number of rotatable bonds is 4. The number of carbonyl (C=O) groups excluding carboxylic acids is 1. The minimum Gasteiger partial charge on any atom is -0.322 e. The van der Waals surface area contributed by atoms with Crippen molar-refractivity contribution < 1.29 is 4.79 Å². The number of likely N-dealkylation sites (tertiary alicyclic amines) is 1. The zero-order valence-corrected chi connectivity index (χ0v) is 13.8. The predicted molar refractivity (Wildman–Crippen MR) is 82.8 cm³/mol. The van der Waals surface area contributed by atoms with Crippen LogP contribution in [0.2, 0.25) is 0 Å². The second-order valence-corrected chi connectivity index (χ2v) is 7.25. The quantitative estimate of drug-likeness (QED) is 0.791. The summed E-state index contributed by atoms with van der Waals surface area (Å²) in [5.41, 5.74) is 0. The fourth-order valence-corrected chi connectivity index (χ4v) is 3.54. The van der Waals surface area contributed by atoms with Gasteiger partial charge >= 0.3 is 6.03 Å². The number of urea groups is 1. The van der Waals surface area contributed by atoms with Crippen LogP contribution in [-0.4, -0.2) is 66.0 Å². The standard InChI is InChI=1S/C16H31N3O/c1-12(2)15-11-18(16(20)19(15)13(3)4)10-14-6-8-17(5)9-7-14/h12-15H,6-11H2,1-5H3. The van der Waals surface area contributed by atoms with Crippen LogP contribution in [0.1, 0.15) is 40.5 Å². The van der Waals surface area contributed by atoms with Crippen LogP contribution in [0.25, 0.3) is 0 Å². The van der Waals surface area contributed by atoms with Crippen LogP contribution in [0.15, 0.2) is 0 Å². The van der Waals surface area contributed by atoms with E-state index < -0.39 is 0 Å². The molecule has 2 saturated heterocycles. The molecule has 0 aromatic carbocycles. The predicted octanol–water partition coefficient (Wildman–Crippen LogP) is 2.50. The topological polar surface area (TPSA) is 26.8 Å². The number of piperidine rings is 1. The van der Waals surface area contributed by atoms with Gasteiger partial charge in [-0.1, -0.05) is 13.8 Å². The maximum Gasteiger partial charge on any atom is 0.320 e. The zero-order valence-electron chi connectivity index (χ0n) is 13.8. The summed E-state index contributed by atoms with van der Waals surface area (Å²) < 4.78 is 0. The van der Waals surface area contributed by atoms with Gasteiger partial charge < -0.3 is 14.7 Å². The number of hydrogen-bond donors (Lipinski definition) is 0. The van der Waals surface area contributed by atoms with Gasteiger partial charge in [0.25, 0.3) is 0 Å². The SMILES string of the molecule is CC(C)C1CN(CC2CCN(C)CC2)C(=O)N1C(C)C. The van der Waals surface area contributed by atoms with Crippen LogP contribution >= 0.6 is 0 Å². The Balaban J connectivity index is 1.97. The van der Waals surface area contributed by atoms with E-state index in [1.165, 1.54) is 25.9 Å². The molecule has 0 aliphatic carbocycles. The third kappa shape index (κ3) is 3.27. The minimum atomic E-state index is 0.262. The van der Waals surface area contributed by atoms with Crippen LogP contribution in [0.4, 0.5) is 4.79 Å². The van der Waals surface area contributed by atoms with Crippen molar-refractivity contribution in [2.75, 3.05) is 33.2 Å². The molecule has 2 aliphatic rings. The molecule has 4 nitrogen and oxygen atoms in total. The van der Waals surface area contributed by atoms with Crippen LogP contribution in [0.5, 0.6) is 0 Å². The van der Waals surface area contributed by atoms with Gasteiger partial charge in [0.1, 0.15) is 0 Å². The summed E-state index contributed by atoms with van der Waals surface area (Å²) in [7, 11) is 2.19. The number of hydrogen-bond acceptors (Lipinski definition) is 2. The zero-order chi connectivity index (χ0) is 14.9. The summed E-state index contributed by atoms with van der Waals surface area (Å²) in [5, 5.41) is 0. The van der Waals surface area contributed by atoms with E-state index in [9.17, 15) is 4.79 Å². The lowest BCUT2D eigenvalue weighted by Crippen LogP contribution is -2.43. The molecule has 20 heavy (non-hydrogen) atoms. The maximum absolute atomic E-state index is 12.6. The van der Waals surface area contributed by atoms with Gasteiger partial charge in [-0.3, -0.25) is 0 Å². The minimum absolute atomic E-state index is 0.262. The molecule has 4 heteroatoms. The van der Waals surface area contributed by atoms with Crippen molar-refractivity contribution in [3.8, 4) is 0 Å². The van der Waals surface area contributed by atoms with Crippen molar-refractivity contribution in [2.45, 2.75) is 52.6 Å². The fraction of sp³-hybridized carbons (Fsp3) is 0.938. The van der Waals surface area contributed by atoms with E-state index in [0.717, 1.165) is 13.1 Å². The Morgan fingerprint density at radius 2 is 1.75 bits per heavy atom. The van der Waals surface area contributed by atoms with Crippen LogP contribution in [0, 0.1) is 11.8 Å². The first-order chi connectivity index (χ1) is 9.40. The van der Waals surface area contributed by atoms with Gasteiger partial charge in [0.15, 0.2) is 0 Å². The summed E-state index contributed by atoms with van der Waals surface area (Å²) in [5.74, 6) is 1.22. The van der Waals surface area contributed by atoms with E-state index in [1.54, 1.807) is 0 Å². The molecule has 0 bridgehead atoms. The molecule has 1 atom stereocenters. The summed E-state index contributed by atoms with van der Waals surface area (Å²) in [6, 6.07) is 0.948. The monoisotopic (exact) mass is 281 g/mol. The van der Waals surface area contributed by atoms with Crippen molar-refractivity contribution >= 4 is 6.03 Å². The van der Waals surface area contributed by atoms with E-state index in [-0.39, 0.29) is 6.03 Å². The Morgan fingerprint density at radius 1 is 1.15 bits per heavy atom. The van der Waals surface area contributed by atoms with E-state index in [1.807, 2.05) is 0 Å². The number of carbonyl (C=O) groups is 1. The fourth-order valence-electron chi connectivity index (χ4n) is 3.54. The van der Waals surface area contributed by atoms with Gasteiger partial charge in [0.2, 0.25) is 0 Å². The van der Waals surface area contributed by atoms with Gasteiger partial charge in [-0.2, -0.15) is 0 Å². The Morgan fingerprint density at radius 3 is 2.20 bits per heavy atom. The van der Waals surface area contributed by atoms with Gasteiger partial charge in [0.05, 0.1) is 6.04 Å². The average molecular weight is 281 g/mol. The van der Waals surface area contributed by atoms with E-state index >= 15 is 0 Å². The molecule has 2 heterocycles. The van der Waals surface area contributed by atoms with E-state index in [2.05, 4.69) is 49.4 Å². The molecule has 116 valence electrons. The Hall–Kier alpha value is -0.770. The maximum atomic E-state index is 12.6. The molecule has 0 aromatic heterocycles. The first-order valence-corrected chi connectivity index (χ1v) is 8.16. The van der Waals surface area contributed by atoms with Gasteiger partial charge in [-0.15, -0.1) is 0 Å². The Bertz CT molecular complexity index is 335. The molecular weight excluding hydrogens is 250 g/mol. The molecule has 1 unspecified atom stereocenters. The Kier molecular flexibility index (Phi) is 4.95. The van der Waals surface area contributed by atoms with Crippen LogP contribution < -0.4 is 0 Å². The summed E-state index contributed by atoms with van der Waals surface area (Å²) in [6.45, 7) is 12.9. The Labute approximate surface area is 124 Å². The molecule has 0 saturated carbocycles. The van der Waals surface area contributed by atoms with E-state index in [4.69, 9.17) is 0 Å². The van der Waals surface area contributed by atoms with Crippen LogP contribution in [0.3, 0.4) is 0 Å². The summed E-state index contributed by atoms with van der Waals surface area (Å²) >= 11 is 0. The highest BCUT2D eigenvalue weighted by Crippen LogP contribution is 2.27. The molecule has 0 N–H and O–H groups in total. The third-order valence-corrected chi connectivity index (χ3v) is 4.90. The average Bonchev–Trinajstić information content (AvgIpc) is 2.70. The summed E-state index contributed by atoms with van der Waals surface area (Å²) in [4.78, 5) is 19.2. The first kappa shape index (κ1) is 15.6. The highest BCUT2D eigenvalue weighted by Gasteiger charge is 2.40. The molecule has 0 aromatic rings. The van der Waals surface area contributed by atoms with Crippen molar-refractivity contribution in [1.29, 1.82) is 0 Å². The van der Waals surface area contributed by atoms with Gasteiger partial charge in [-0.05, 0) is 58.7 Å². The number of nitrogens with zero attached hydrogens (tertiary/aromatic N) is 3. The third-order valence-electron chi connectivity index (χ3n) is 4.90. The molecule has 0 spiro atoms. The second-order valence-electron chi connectivity index (χ2n) is 7.25. The molecule has 2 aliphatic heterocycles.